The van der Waals surface area contributed by atoms with Crippen LogP contribution in [-0.2, 0) is 6.54 Å². The van der Waals surface area contributed by atoms with Crippen LogP contribution < -0.4 is 10.6 Å². The van der Waals surface area contributed by atoms with Gasteiger partial charge in [0.15, 0.2) is 0 Å². The summed E-state index contributed by atoms with van der Waals surface area (Å²) in [6.07, 6.45) is 5.53. The number of hydrogen-bond donors (Lipinski definition) is 3. The molecule has 2 rings (SSSR count). The summed E-state index contributed by atoms with van der Waals surface area (Å²) in [7, 11) is 3.81. The molecule has 1 aliphatic heterocycles. The zero-order valence-electron chi connectivity index (χ0n) is 12.5. The molecule has 1 aromatic heterocycles. The summed E-state index contributed by atoms with van der Waals surface area (Å²) in [6, 6.07) is 0. The minimum atomic E-state index is -0.612. The van der Waals surface area contributed by atoms with Gasteiger partial charge in [0.25, 0.3) is 0 Å². The molecule has 1 aliphatic rings. The molecule has 0 spiro atoms. The molecular weight excluding hydrogens is 313 g/mol. The van der Waals surface area contributed by atoms with Gasteiger partial charge >= 0.3 is 0 Å². The van der Waals surface area contributed by atoms with Crippen LogP contribution in [0.5, 0.6) is 0 Å². The second kappa shape index (κ2) is 9.38. The molecule has 21 heavy (non-hydrogen) atoms. The molecule has 0 aliphatic carbocycles. The van der Waals surface area contributed by atoms with Crippen molar-refractivity contribution in [3.05, 3.63) is 18.0 Å². The molecule has 1 atom stereocenters. The van der Waals surface area contributed by atoms with Crippen molar-refractivity contribution in [3.8, 4) is 0 Å². The highest BCUT2D eigenvalue weighted by Crippen LogP contribution is 2.17. The van der Waals surface area contributed by atoms with Gasteiger partial charge in [-0.15, -0.1) is 24.8 Å². The Balaban J connectivity index is 0.00000200. The van der Waals surface area contributed by atoms with Crippen molar-refractivity contribution < 1.29 is 5.11 Å². The van der Waals surface area contributed by atoms with Crippen LogP contribution in [0.1, 0.15) is 18.4 Å². The Morgan fingerprint density at radius 2 is 2.05 bits per heavy atom. The van der Waals surface area contributed by atoms with E-state index in [0.717, 1.165) is 31.5 Å². The summed E-state index contributed by atoms with van der Waals surface area (Å²) in [4.78, 5) is 10.5. The van der Waals surface area contributed by atoms with E-state index in [1.54, 1.807) is 7.05 Å². The van der Waals surface area contributed by atoms with Crippen molar-refractivity contribution in [2.24, 2.45) is 0 Å². The molecule has 1 unspecified atom stereocenters. The van der Waals surface area contributed by atoms with Gasteiger partial charge < -0.3 is 15.7 Å². The smallest absolute Gasteiger partial charge is 0.222 e. The average Bonchev–Trinajstić information content (AvgIpc) is 2.39. The lowest BCUT2D eigenvalue weighted by Crippen LogP contribution is -2.52. The van der Waals surface area contributed by atoms with Gasteiger partial charge in [-0.3, -0.25) is 4.90 Å². The molecule has 8 heteroatoms. The zero-order valence-corrected chi connectivity index (χ0v) is 14.1. The molecule has 1 saturated heterocycles. The summed E-state index contributed by atoms with van der Waals surface area (Å²) < 4.78 is 0. The van der Waals surface area contributed by atoms with Crippen molar-refractivity contribution >= 4 is 30.8 Å². The minimum Gasteiger partial charge on any atom is -0.387 e. The second-order valence-electron chi connectivity index (χ2n) is 5.34. The van der Waals surface area contributed by atoms with Gasteiger partial charge in [-0.25, -0.2) is 9.97 Å². The van der Waals surface area contributed by atoms with Gasteiger partial charge in [-0.1, -0.05) is 0 Å². The molecule has 1 fully saturated rings. The van der Waals surface area contributed by atoms with E-state index in [4.69, 9.17) is 0 Å². The number of aromatic nitrogens is 2. The lowest BCUT2D eigenvalue weighted by molar-refractivity contribution is -0.0112. The monoisotopic (exact) mass is 337 g/mol. The predicted octanol–water partition coefficient (Wildman–Crippen LogP) is 0.908. The van der Waals surface area contributed by atoms with E-state index < -0.39 is 5.60 Å². The molecular formula is C13H25Cl2N5O. The third-order valence-corrected chi connectivity index (χ3v) is 3.40. The Labute approximate surface area is 138 Å². The normalized spacial score (nSPS) is 21.3. The first-order valence-corrected chi connectivity index (χ1v) is 6.72. The van der Waals surface area contributed by atoms with Crippen LogP contribution in [0, 0.1) is 0 Å². The highest BCUT2D eigenvalue weighted by molar-refractivity contribution is 5.85. The SMILES string of the molecule is CNc1ncc(CN(C)CC2(O)CCCNC2)cn1.Cl.Cl. The van der Waals surface area contributed by atoms with E-state index in [1.807, 2.05) is 19.4 Å². The van der Waals surface area contributed by atoms with Crippen LogP contribution in [0.4, 0.5) is 5.95 Å². The fourth-order valence-electron chi connectivity index (χ4n) is 2.52. The summed E-state index contributed by atoms with van der Waals surface area (Å²) in [5, 5.41) is 16.6. The van der Waals surface area contributed by atoms with Crippen LogP contribution in [0.15, 0.2) is 12.4 Å². The minimum absolute atomic E-state index is 0. The summed E-state index contributed by atoms with van der Waals surface area (Å²) in [5.74, 6) is 0.626. The molecule has 1 aromatic rings. The van der Waals surface area contributed by atoms with Crippen molar-refractivity contribution in [3.63, 3.8) is 0 Å². The predicted molar refractivity (Wildman–Crippen MR) is 89.5 cm³/mol. The molecule has 6 nitrogen and oxygen atoms in total. The lowest BCUT2D eigenvalue weighted by Gasteiger charge is -2.35. The average molecular weight is 338 g/mol. The van der Waals surface area contributed by atoms with E-state index in [-0.39, 0.29) is 24.8 Å². The summed E-state index contributed by atoms with van der Waals surface area (Å²) in [5.41, 5.74) is 0.438. The van der Waals surface area contributed by atoms with Gasteiger partial charge in [-0.2, -0.15) is 0 Å². The van der Waals surface area contributed by atoms with E-state index in [1.165, 1.54) is 0 Å². The Bertz CT molecular complexity index is 398. The van der Waals surface area contributed by atoms with E-state index in [2.05, 4.69) is 25.5 Å². The molecule has 2 heterocycles. The number of likely N-dealkylation sites (N-methyl/N-ethyl adjacent to an activating group) is 1. The number of hydrogen-bond acceptors (Lipinski definition) is 6. The number of nitrogens with zero attached hydrogens (tertiary/aromatic N) is 3. The van der Waals surface area contributed by atoms with E-state index in [0.29, 0.717) is 19.0 Å². The van der Waals surface area contributed by atoms with Gasteiger partial charge in [0.1, 0.15) is 0 Å². The Hall–Kier alpha value is -0.660. The van der Waals surface area contributed by atoms with E-state index in [9.17, 15) is 5.11 Å². The standard InChI is InChI=1S/C13H23N5O.2ClH/c1-14-12-16-6-11(7-17-12)8-18(2)10-13(19)4-3-5-15-9-13;;/h6-7,15,19H,3-5,8-10H2,1-2H3,(H,14,16,17);2*1H. The van der Waals surface area contributed by atoms with Gasteiger partial charge in [0.2, 0.25) is 5.95 Å². The Morgan fingerprint density at radius 3 is 2.57 bits per heavy atom. The zero-order chi connectivity index (χ0) is 13.7. The van der Waals surface area contributed by atoms with Gasteiger partial charge in [-0.05, 0) is 26.4 Å². The fraction of sp³-hybridized carbons (Fsp3) is 0.692. The molecule has 0 saturated carbocycles. The maximum atomic E-state index is 10.5. The third kappa shape index (κ3) is 6.32. The number of piperidine rings is 1. The first-order valence-electron chi connectivity index (χ1n) is 6.72. The largest absolute Gasteiger partial charge is 0.387 e. The Kier molecular flexibility index (Phi) is 9.08. The van der Waals surface area contributed by atoms with Crippen molar-refractivity contribution in [2.75, 3.05) is 39.0 Å². The number of nitrogens with one attached hydrogen (secondary N) is 2. The van der Waals surface area contributed by atoms with Crippen LogP contribution in [0.2, 0.25) is 0 Å². The van der Waals surface area contributed by atoms with Crippen molar-refractivity contribution in [2.45, 2.75) is 25.0 Å². The molecule has 3 N–H and O–H groups in total. The number of rotatable bonds is 5. The summed E-state index contributed by atoms with van der Waals surface area (Å²) >= 11 is 0. The summed E-state index contributed by atoms with van der Waals surface area (Å²) in [6.45, 7) is 3.08. The number of β-amino-alcohol motifs (C(OH)–C–C–N with tert-alkyl or cyclic N) is 1. The molecule has 122 valence electrons. The molecule has 0 aromatic carbocycles. The third-order valence-electron chi connectivity index (χ3n) is 3.40. The van der Waals surface area contributed by atoms with Crippen LogP contribution in [-0.4, -0.2) is 59.3 Å². The van der Waals surface area contributed by atoms with Crippen molar-refractivity contribution in [1.82, 2.24) is 20.2 Å². The van der Waals surface area contributed by atoms with Crippen molar-refractivity contribution in [1.29, 1.82) is 0 Å². The van der Waals surface area contributed by atoms with E-state index >= 15 is 0 Å². The van der Waals surface area contributed by atoms with Crippen LogP contribution in [0.3, 0.4) is 0 Å². The molecule has 0 bridgehead atoms. The van der Waals surface area contributed by atoms with Crippen LogP contribution >= 0.6 is 24.8 Å². The number of halogens is 2. The Morgan fingerprint density at radius 1 is 1.38 bits per heavy atom. The lowest BCUT2D eigenvalue weighted by atomic mass is 9.93. The quantitative estimate of drug-likeness (QED) is 0.741. The molecule has 0 amide bonds. The first-order chi connectivity index (χ1) is 9.11. The number of aliphatic hydroxyl groups is 1. The maximum Gasteiger partial charge on any atom is 0.222 e. The van der Waals surface area contributed by atoms with Gasteiger partial charge in [0, 0.05) is 44.6 Å². The molecule has 0 radical (unpaired) electrons. The van der Waals surface area contributed by atoms with Gasteiger partial charge in [0.05, 0.1) is 5.60 Å². The number of anilines is 1. The second-order valence-corrected chi connectivity index (χ2v) is 5.34. The first kappa shape index (κ1) is 20.3. The van der Waals surface area contributed by atoms with Crippen LogP contribution in [0.25, 0.3) is 0 Å². The topological polar surface area (TPSA) is 73.3 Å². The maximum absolute atomic E-state index is 10.5. The highest BCUT2D eigenvalue weighted by atomic mass is 35.5. The fourth-order valence-corrected chi connectivity index (χ4v) is 2.52. The highest BCUT2D eigenvalue weighted by Gasteiger charge is 2.30.